The zero-order valence-corrected chi connectivity index (χ0v) is 3.32. The minimum atomic E-state index is -2.20. The molecule has 0 heterocycles. The van der Waals surface area contributed by atoms with E-state index in [1.807, 2.05) is 6.92 Å². The van der Waals surface area contributed by atoms with Crippen molar-refractivity contribution in [3.63, 3.8) is 0 Å². The monoisotopic (exact) mass is 77.1 g/mol. The van der Waals surface area contributed by atoms with Crippen LogP contribution in [0.4, 0.5) is 0 Å². The number of methoxy groups -OCH3 is 1. The van der Waals surface area contributed by atoms with Gasteiger partial charge < -0.3 is 4.74 Å². The average molecular weight is 77.1 g/mol. The summed E-state index contributed by atoms with van der Waals surface area (Å²) in [5, 5.41) is 0. The van der Waals surface area contributed by atoms with Crippen molar-refractivity contribution in [2.24, 2.45) is 0 Å². The molecule has 0 bridgehead atoms. The highest BCUT2D eigenvalue weighted by atomic mass is 16.5. The van der Waals surface area contributed by atoms with E-state index in [1.54, 1.807) is 0 Å². The average Bonchev–Trinajstić information content (AvgIpc) is 1.59. The summed E-state index contributed by atoms with van der Waals surface area (Å²) in [5.41, 5.74) is 0. The van der Waals surface area contributed by atoms with Crippen LogP contribution in [0.25, 0.3) is 0 Å². The van der Waals surface area contributed by atoms with E-state index in [2.05, 4.69) is 4.74 Å². The van der Waals surface area contributed by atoms with Crippen LogP contribution in [-0.2, 0) is 4.74 Å². The van der Waals surface area contributed by atoms with Gasteiger partial charge in [0, 0.05) is 13.6 Å². The molecule has 0 aromatic heterocycles. The van der Waals surface area contributed by atoms with Gasteiger partial charge in [-0.15, -0.1) is 0 Å². The molecule has 0 aliphatic carbocycles. The molecule has 0 spiro atoms. The summed E-state index contributed by atoms with van der Waals surface area (Å²) in [6.07, 6.45) is 0.748. The van der Waals surface area contributed by atoms with E-state index >= 15 is 0 Å². The fourth-order valence-corrected chi connectivity index (χ4v) is 0.102. The van der Waals surface area contributed by atoms with Crippen LogP contribution >= 0.6 is 0 Å². The number of ether oxygens (including phenoxy) is 1. The SMILES string of the molecule is [2H]C([2H])([2H])OCCC. The molecule has 1 nitrogen and oxygen atoms in total. The molecule has 0 aliphatic rings. The van der Waals surface area contributed by atoms with Crippen molar-refractivity contribution in [3.8, 4) is 0 Å². The first-order chi connectivity index (χ1) is 3.56. The third kappa shape index (κ3) is 3.96. The maximum atomic E-state index is 6.55. The molecule has 0 atom stereocenters. The Hall–Kier alpha value is -0.0400. The molecule has 0 radical (unpaired) electrons. The van der Waals surface area contributed by atoms with Gasteiger partial charge in [-0.3, -0.25) is 0 Å². The summed E-state index contributed by atoms with van der Waals surface area (Å²) >= 11 is 0. The molecule has 0 saturated carbocycles. The Kier molecular flexibility index (Phi) is 1.27. The first-order valence-corrected chi connectivity index (χ1v) is 1.70. The highest BCUT2D eigenvalue weighted by Crippen LogP contribution is 1.70. The molecule has 0 aromatic rings. The van der Waals surface area contributed by atoms with Crippen LogP contribution in [-0.4, -0.2) is 13.6 Å². The van der Waals surface area contributed by atoms with Crippen molar-refractivity contribution < 1.29 is 8.85 Å². The van der Waals surface area contributed by atoms with Crippen LogP contribution in [0, 0.1) is 0 Å². The van der Waals surface area contributed by atoms with Gasteiger partial charge in [0.05, 0.1) is 4.11 Å². The predicted molar refractivity (Wildman–Crippen MR) is 22.2 cm³/mol. The van der Waals surface area contributed by atoms with E-state index in [-0.39, 0.29) is 0 Å². The molecule has 0 rings (SSSR count). The van der Waals surface area contributed by atoms with E-state index < -0.39 is 7.04 Å². The van der Waals surface area contributed by atoms with Crippen molar-refractivity contribution in [3.05, 3.63) is 0 Å². The van der Waals surface area contributed by atoms with E-state index in [1.165, 1.54) is 0 Å². The fourth-order valence-electron chi connectivity index (χ4n) is 0.102. The predicted octanol–water partition coefficient (Wildman–Crippen LogP) is 1.04. The third-order valence-corrected chi connectivity index (χ3v) is 0.306. The molecule has 0 aromatic carbocycles. The Bertz CT molecular complexity index is 58.8. The second-order valence-corrected chi connectivity index (χ2v) is 0.848. The van der Waals surface area contributed by atoms with Gasteiger partial charge in [-0.1, -0.05) is 6.92 Å². The van der Waals surface area contributed by atoms with Crippen molar-refractivity contribution in [1.82, 2.24) is 0 Å². The van der Waals surface area contributed by atoms with Crippen LogP contribution in [0.15, 0.2) is 0 Å². The smallest absolute Gasteiger partial charge is 0.0530 e. The lowest BCUT2D eigenvalue weighted by Gasteiger charge is -1.84. The fraction of sp³-hybridized carbons (Fsp3) is 1.00. The highest BCUT2D eigenvalue weighted by Gasteiger charge is 1.66. The summed E-state index contributed by atoms with van der Waals surface area (Å²) < 4.78 is 24.0. The standard InChI is InChI=1S/C4H10O/c1-3-4-5-2/h3-4H2,1-2H3/i2D3. The number of hydrogen-bond acceptors (Lipinski definition) is 1. The van der Waals surface area contributed by atoms with E-state index in [0.717, 1.165) is 6.42 Å². The van der Waals surface area contributed by atoms with Crippen molar-refractivity contribution >= 4 is 0 Å². The third-order valence-electron chi connectivity index (χ3n) is 0.306. The molecule has 32 valence electrons. The van der Waals surface area contributed by atoms with Gasteiger partial charge >= 0.3 is 0 Å². The van der Waals surface area contributed by atoms with Crippen LogP contribution < -0.4 is 0 Å². The van der Waals surface area contributed by atoms with Crippen LogP contribution in [0.2, 0.25) is 0 Å². The second-order valence-electron chi connectivity index (χ2n) is 0.848. The summed E-state index contributed by atoms with van der Waals surface area (Å²) in [5.74, 6) is 0. The quantitative estimate of drug-likeness (QED) is 0.478. The summed E-state index contributed by atoms with van der Waals surface area (Å²) in [7, 11) is -2.20. The molecule has 0 unspecified atom stereocenters. The molecule has 0 amide bonds. The van der Waals surface area contributed by atoms with Gasteiger partial charge in [0.15, 0.2) is 0 Å². The van der Waals surface area contributed by atoms with E-state index in [0.29, 0.717) is 6.61 Å². The number of rotatable bonds is 2. The van der Waals surface area contributed by atoms with Gasteiger partial charge in [0.1, 0.15) is 0 Å². The van der Waals surface area contributed by atoms with E-state index in [4.69, 9.17) is 4.11 Å². The summed E-state index contributed by atoms with van der Waals surface area (Å²) in [4.78, 5) is 0. The van der Waals surface area contributed by atoms with Crippen LogP contribution in [0.1, 0.15) is 17.5 Å². The maximum absolute atomic E-state index is 6.55. The molecule has 0 fully saturated rings. The zero-order valence-electron chi connectivity index (χ0n) is 6.32. The Morgan fingerprint density at radius 1 is 2.00 bits per heavy atom. The molecule has 0 N–H and O–H groups in total. The Labute approximate surface area is 37.2 Å². The molecule has 5 heavy (non-hydrogen) atoms. The van der Waals surface area contributed by atoms with Crippen molar-refractivity contribution in [1.29, 1.82) is 0 Å². The van der Waals surface area contributed by atoms with Crippen LogP contribution in [0.5, 0.6) is 0 Å². The Morgan fingerprint density at radius 2 is 2.80 bits per heavy atom. The molecule has 0 aliphatic heterocycles. The lowest BCUT2D eigenvalue weighted by molar-refractivity contribution is 0.199. The zero-order chi connectivity index (χ0) is 6.62. The first kappa shape index (κ1) is 1.61. The molecular formula is C4H10O. The molecule has 1 heteroatoms. The van der Waals surface area contributed by atoms with Gasteiger partial charge in [0.25, 0.3) is 0 Å². The van der Waals surface area contributed by atoms with E-state index in [9.17, 15) is 0 Å². The van der Waals surface area contributed by atoms with Crippen LogP contribution in [0.3, 0.4) is 0 Å². The Morgan fingerprint density at radius 3 is 3.00 bits per heavy atom. The van der Waals surface area contributed by atoms with Gasteiger partial charge in [-0.25, -0.2) is 0 Å². The lowest BCUT2D eigenvalue weighted by atomic mass is 10.5. The van der Waals surface area contributed by atoms with Gasteiger partial charge in [0.2, 0.25) is 0 Å². The summed E-state index contributed by atoms with van der Waals surface area (Å²) in [6.45, 7) is 2.18. The minimum absolute atomic E-state index is 0.316. The number of hydrogen-bond donors (Lipinski definition) is 0. The second kappa shape index (κ2) is 3.96. The van der Waals surface area contributed by atoms with Crippen molar-refractivity contribution in [2.45, 2.75) is 13.3 Å². The lowest BCUT2D eigenvalue weighted by Crippen LogP contribution is -1.80. The molecule has 0 saturated heterocycles. The largest absolute Gasteiger partial charge is 0.385 e. The van der Waals surface area contributed by atoms with Gasteiger partial charge in [-0.2, -0.15) is 0 Å². The summed E-state index contributed by atoms with van der Waals surface area (Å²) in [6, 6.07) is 0. The minimum Gasteiger partial charge on any atom is -0.385 e. The van der Waals surface area contributed by atoms with Gasteiger partial charge in [-0.05, 0) is 6.42 Å². The molecular weight excluding hydrogens is 64.0 g/mol. The highest BCUT2D eigenvalue weighted by molar-refractivity contribution is 4.15. The van der Waals surface area contributed by atoms with Crippen molar-refractivity contribution in [2.75, 3.05) is 13.6 Å². The first-order valence-electron chi connectivity index (χ1n) is 3.20. The maximum Gasteiger partial charge on any atom is 0.0530 e. The topological polar surface area (TPSA) is 9.23 Å². The normalized spacial score (nSPS) is 19.8. The Balaban J connectivity index is 3.11.